The van der Waals surface area contributed by atoms with E-state index >= 15 is 0 Å². The molecule has 10 nitrogen and oxygen atoms in total. The molecule has 0 bridgehead atoms. The van der Waals surface area contributed by atoms with Crippen LogP contribution in [-0.2, 0) is 33.3 Å². The Bertz CT molecular complexity index is 1290. The molecule has 4 saturated heterocycles. The van der Waals surface area contributed by atoms with E-state index in [1.807, 2.05) is 47.6 Å². The highest BCUT2D eigenvalue weighted by molar-refractivity contribution is 5.84. The number of carboxylic acids is 1. The average Bonchev–Trinajstić information content (AvgIpc) is 3.43. The fourth-order valence-corrected chi connectivity index (χ4v) is 10.5. The van der Waals surface area contributed by atoms with Crippen molar-refractivity contribution in [3.8, 4) is 0 Å². The first-order valence-electron chi connectivity index (χ1n) is 20.6. The Morgan fingerprint density at radius 3 is 2.19 bits per heavy atom. The van der Waals surface area contributed by atoms with Gasteiger partial charge in [0, 0.05) is 36.5 Å². The van der Waals surface area contributed by atoms with Gasteiger partial charge in [0.15, 0.2) is 11.6 Å². The van der Waals surface area contributed by atoms with Crippen molar-refractivity contribution in [1.29, 1.82) is 0 Å². The summed E-state index contributed by atoms with van der Waals surface area (Å²) in [6, 6.07) is 0. The average molecular weight is 735 g/mol. The molecule has 0 amide bonds. The van der Waals surface area contributed by atoms with E-state index in [0.29, 0.717) is 51.4 Å². The predicted octanol–water partition coefficient (Wildman–Crippen LogP) is 7.22. The standard InChI is InChI=1S/C42H70O10/c1-11-30(38(45)46)32-16-15-24(4)36(49-32)28(8)34(43)27(7)35(44)31(12-2)37-25(5)23-26(6)42(50-37)19-14-18-41(52-42)22-21-39(10,51-41)33-17-20-40(47,13-3)29(9)48-33/h14,19,24-34,36-37,43,47H,11-13,15-18,20-23H2,1-10H3,(H,45,46)/t24-,25-,26+,27-,28-,29-,30+,31?,32+,33+,34+,36+,37-,39-,40+,41+,42-/m0/s1. The fourth-order valence-electron chi connectivity index (χ4n) is 10.5. The van der Waals surface area contributed by atoms with Gasteiger partial charge >= 0.3 is 5.97 Å². The van der Waals surface area contributed by atoms with Gasteiger partial charge in [-0.15, -0.1) is 0 Å². The number of hydrogen-bond acceptors (Lipinski definition) is 9. The number of aliphatic hydroxyl groups excluding tert-OH is 1. The number of Topliss-reactive ketones (excluding diaryl/α,β-unsaturated/α-hetero) is 1. The SMILES string of the molecule is CCC(C(=O)[C@@H](C)[C@@H](O)[C@H](C)[C@@H]1O[C@@H]([C@@H](CC)C(=O)O)CC[C@@H]1C)[C@H]1O[C@]2(C=CC[C@]3(CC[C@@](C)([C@H]4CC[C@](O)(CC)[C@H](C)O4)O3)O2)[C@H](C)C[C@@H]1C. The summed E-state index contributed by atoms with van der Waals surface area (Å²) in [5, 5.41) is 32.5. The summed E-state index contributed by atoms with van der Waals surface area (Å²) in [7, 11) is 0. The number of carbonyl (C=O) groups is 2. The van der Waals surface area contributed by atoms with E-state index in [2.05, 4.69) is 33.8 Å². The smallest absolute Gasteiger partial charge is 0.309 e. The number of carboxylic acid groups (broad SMARTS) is 1. The molecule has 10 heteroatoms. The fraction of sp³-hybridized carbons (Fsp3) is 0.905. The van der Waals surface area contributed by atoms with E-state index in [-0.39, 0.29) is 47.8 Å². The van der Waals surface area contributed by atoms with Crippen molar-refractivity contribution in [1.82, 2.24) is 0 Å². The zero-order valence-corrected chi connectivity index (χ0v) is 33.6. The van der Waals surface area contributed by atoms with Gasteiger partial charge in [-0.1, -0.05) is 61.5 Å². The lowest BCUT2D eigenvalue weighted by Gasteiger charge is -2.53. The van der Waals surface area contributed by atoms with Crippen LogP contribution in [0.2, 0.25) is 0 Å². The molecule has 2 spiro atoms. The highest BCUT2D eigenvalue weighted by Crippen LogP contribution is 2.54. The maximum atomic E-state index is 14.4. The number of hydrogen-bond donors (Lipinski definition) is 3. The maximum absolute atomic E-state index is 14.4. The third kappa shape index (κ3) is 7.83. The van der Waals surface area contributed by atoms with Crippen LogP contribution in [0.4, 0.5) is 0 Å². The Kier molecular flexibility index (Phi) is 12.8. The van der Waals surface area contributed by atoms with E-state index in [9.17, 15) is 24.9 Å². The molecule has 298 valence electrons. The zero-order chi connectivity index (χ0) is 38.4. The molecule has 0 aromatic rings. The normalized spacial score (nSPS) is 45.4. The quantitative estimate of drug-likeness (QED) is 0.176. The van der Waals surface area contributed by atoms with Crippen LogP contribution in [0.1, 0.15) is 140 Å². The first-order chi connectivity index (χ1) is 24.4. The second kappa shape index (κ2) is 16.0. The van der Waals surface area contributed by atoms with Gasteiger partial charge in [0.1, 0.15) is 5.78 Å². The molecule has 0 saturated carbocycles. The summed E-state index contributed by atoms with van der Waals surface area (Å²) in [4.78, 5) is 26.3. The predicted molar refractivity (Wildman–Crippen MR) is 197 cm³/mol. The van der Waals surface area contributed by atoms with Gasteiger partial charge in [0.05, 0.1) is 53.7 Å². The molecule has 1 unspecified atom stereocenters. The van der Waals surface area contributed by atoms with Gasteiger partial charge < -0.3 is 39.0 Å². The monoisotopic (exact) mass is 734 g/mol. The van der Waals surface area contributed by atoms with E-state index in [1.54, 1.807) is 0 Å². The molecule has 5 rings (SSSR count). The molecule has 4 fully saturated rings. The van der Waals surface area contributed by atoms with Gasteiger partial charge in [-0.3, -0.25) is 9.59 Å². The Hall–Kier alpha value is -1.40. The lowest BCUT2D eigenvalue weighted by molar-refractivity contribution is -0.393. The summed E-state index contributed by atoms with van der Waals surface area (Å²) >= 11 is 0. The van der Waals surface area contributed by atoms with Gasteiger partial charge in [0.2, 0.25) is 0 Å². The van der Waals surface area contributed by atoms with Crippen molar-refractivity contribution in [2.24, 2.45) is 41.4 Å². The summed E-state index contributed by atoms with van der Waals surface area (Å²) in [6.07, 6.45) is 8.95. The van der Waals surface area contributed by atoms with Crippen molar-refractivity contribution in [3.05, 3.63) is 12.2 Å². The first-order valence-corrected chi connectivity index (χ1v) is 20.6. The van der Waals surface area contributed by atoms with E-state index in [0.717, 1.165) is 19.3 Å². The summed E-state index contributed by atoms with van der Waals surface area (Å²) in [6.45, 7) is 20.0. The lowest BCUT2D eigenvalue weighted by atomic mass is 9.72. The van der Waals surface area contributed by atoms with Crippen LogP contribution in [0.25, 0.3) is 0 Å². The Labute approximate surface area is 312 Å². The molecule has 0 radical (unpaired) electrons. The minimum Gasteiger partial charge on any atom is -0.481 e. The lowest BCUT2D eigenvalue weighted by Crippen LogP contribution is -2.60. The molecule has 52 heavy (non-hydrogen) atoms. The topological polar surface area (TPSA) is 141 Å². The molecule has 0 aliphatic carbocycles. The number of aliphatic carboxylic acids is 1. The van der Waals surface area contributed by atoms with E-state index in [1.165, 1.54) is 0 Å². The molecule has 17 atom stereocenters. The number of ether oxygens (including phenoxy) is 5. The van der Waals surface area contributed by atoms with E-state index < -0.39 is 64.8 Å². The first kappa shape index (κ1) is 41.8. The third-order valence-electron chi connectivity index (χ3n) is 14.3. The Morgan fingerprint density at radius 1 is 0.885 bits per heavy atom. The van der Waals surface area contributed by atoms with Crippen LogP contribution in [0.5, 0.6) is 0 Å². The second-order valence-corrected chi connectivity index (χ2v) is 17.8. The molecular weight excluding hydrogens is 664 g/mol. The number of rotatable bonds is 12. The largest absolute Gasteiger partial charge is 0.481 e. The number of ketones is 1. The van der Waals surface area contributed by atoms with Crippen molar-refractivity contribution >= 4 is 11.8 Å². The molecule has 0 aromatic heterocycles. The Balaban J connectivity index is 1.29. The van der Waals surface area contributed by atoms with Crippen LogP contribution in [0.3, 0.4) is 0 Å². The summed E-state index contributed by atoms with van der Waals surface area (Å²) in [5.74, 6) is -4.67. The number of aliphatic hydroxyl groups is 2. The second-order valence-electron chi connectivity index (χ2n) is 17.8. The minimum atomic E-state index is -1.06. The number of carbonyl (C=O) groups excluding carboxylic acids is 1. The van der Waals surface area contributed by atoms with Crippen LogP contribution >= 0.6 is 0 Å². The van der Waals surface area contributed by atoms with Crippen LogP contribution in [0, 0.1) is 41.4 Å². The maximum Gasteiger partial charge on any atom is 0.309 e. The van der Waals surface area contributed by atoms with Crippen molar-refractivity contribution in [3.63, 3.8) is 0 Å². The molecule has 5 heterocycles. The molecule has 5 aliphatic heterocycles. The van der Waals surface area contributed by atoms with Crippen LogP contribution in [-0.4, -0.2) is 86.5 Å². The van der Waals surface area contributed by atoms with Crippen molar-refractivity contribution < 1.29 is 48.6 Å². The van der Waals surface area contributed by atoms with Gasteiger partial charge in [-0.05, 0) is 89.5 Å². The molecule has 5 aliphatic rings. The molecule has 0 aromatic carbocycles. The van der Waals surface area contributed by atoms with Crippen LogP contribution < -0.4 is 0 Å². The van der Waals surface area contributed by atoms with Gasteiger partial charge in [0.25, 0.3) is 0 Å². The zero-order valence-electron chi connectivity index (χ0n) is 33.6. The van der Waals surface area contributed by atoms with Gasteiger partial charge in [-0.25, -0.2) is 0 Å². The van der Waals surface area contributed by atoms with E-state index in [4.69, 9.17) is 23.7 Å². The Morgan fingerprint density at radius 2 is 1.58 bits per heavy atom. The summed E-state index contributed by atoms with van der Waals surface area (Å²) < 4.78 is 33.9. The highest BCUT2D eigenvalue weighted by atomic mass is 16.8. The van der Waals surface area contributed by atoms with Crippen LogP contribution in [0.15, 0.2) is 12.2 Å². The minimum absolute atomic E-state index is 0.0134. The summed E-state index contributed by atoms with van der Waals surface area (Å²) in [5.41, 5.74) is -1.40. The molecule has 3 N–H and O–H groups in total. The van der Waals surface area contributed by atoms with Crippen molar-refractivity contribution in [2.45, 2.75) is 199 Å². The van der Waals surface area contributed by atoms with Gasteiger partial charge in [-0.2, -0.15) is 0 Å². The third-order valence-corrected chi connectivity index (χ3v) is 14.3. The molecular formula is C42H70O10. The van der Waals surface area contributed by atoms with Crippen molar-refractivity contribution in [2.75, 3.05) is 0 Å². The highest BCUT2D eigenvalue weighted by Gasteiger charge is 2.60.